The van der Waals surface area contributed by atoms with Crippen molar-refractivity contribution in [2.75, 3.05) is 13.2 Å². The van der Waals surface area contributed by atoms with Gasteiger partial charge in [0, 0.05) is 12.2 Å². The lowest BCUT2D eigenvalue weighted by Gasteiger charge is -2.09. The number of benzene rings is 1. The van der Waals surface area contributed by atoms with Gasteiger partial charge in [-0.05, 0) is 55.3 Å². The van der Waals surface area contributed by atoms with Gasteiger partial charge in [-0.2, -0.15) is 0 Å². The number of hydrogen-bond acceptors (Lipinski definition) is 3. The summed E-state index contributed by atoms with van der Waals surface area (Å²) in [7, 11) is 0. The van der Waals surface area contributed by atoms with E-state index in [0.29, 0.717) is 12.5 Å². The van der Waals surface area contributed by atoms with E-state index >= 15 is 0 Å². The van der Waals surface area contributed by atoms with E-state index in [1.807, 2.05) is 12.1 Å². The normalized spacial score (nSPS) is 12.6. The second kappa shape index (κ2) is 7.22. The molecule has 0 bridgehead atoms. The summed E-state index contributed by atoms with van der Waals surface area (Å²) >= 11 is 0. The predicted octanol–water partition coefficient (Wildman–Crippen LogP) is 3.19. The van der Waals surface area contributed by atoms with Gasteiger partial charge in [-0.1, -0.05) is 6.92 Å². The van der Waals surface area contributed by atoms with E-state index in [4.69, 9.17) is 9.52 Å². The smallest absolute Gasteiger partial charge is 0.134 e. The van der Waals surface area contributed by atoms with Crippen molar-refractivity contribution in [2.24, 2.45) is 5.92 Å². The van der Waals surface area contributed by atoms with Crippen LogP contribution < -0.4 is 5.32 Å². The van der Waals surface area contributed by atoms with Crippen molar-refractivity contribution in [3.63, 3.8) is 0 Å². The van der Waals surface area contributed by atoms with Gasteiger partial charge in [0.1, 0.15) is 17.3 Å². The van der Waals surface area contributed by atoms with Gasteiger partial charge in [0.2, 0.25) is 0 Å². The molecule has 3 nitrogen and oxygen atoms in total. The third kappa shape index (κ3) is 4.18. The molecular formula is C16H20FNO2. The maximum atomic E-state index is 12.9. The standard InChI is InChI=1S/C16H20FNO2/c1-12(8-9-19)10-18-11-15-6-7-16(20-15)13-2-4-14(17)5-3-13/h2-7,12,18-19H,8-11H2,1H3. The summed E-state index contributed by atoms with van der Waals surface area (Å²) in [6.07, 6.45) is 0.798. The van der Waals surface area contributed by atoms with E-state index in [2.05, 4.69) is 12.2 Å². The summed E-state index contributed by atoms with van der Waals surface area (Å²) < 4.78 is 18.6. The molecule has 20 heavy (non-hydrogen) atoms. The maximum Gasteiger partial charge on any atom is 0.134 e. The van der Waals surface area contributed by atoms with Gasteiger partial charge in [-0.3, -0.25) is 0 Å². The second-order valence-corrected chi connectivity index (χ2v) is 5.02. The molecule has 2 aromatic rings. The molecule has 4 heteroatoms. The van der Waals surface area contributed by atoms with E-state index in [1.165, 1.54) is 12.1 Å². The average Bonchev–Trinajstić information content (AvgIpc) is 2.89. The van der Waals surface area contributed by atoms with Crippen molar-refractivity contribution in [3.8, 4) is 11.3 Å². The van der Waals surface area contributed by atoms with Crippen molar-refractivity contribution in [2.45, 2.75) is 19.9 Å². The molecule has 0 saturated heterocycles. The minimum atomic E-state index is -0.250. The van der Waals surface area contributed by atoms with E-state index in [1.54, 1.807) is 12.1 Å². The van der Waals surface area contributed by atoms with E-state index < -0.39 is 0 Å². The molecular weight excluding hydrogens is 257 g/mol. The molecule has 0 aliphatic carbocycles. The molecule has 1 atom stereocenters. The lowest BCUT2D eigenvalue weighted by atomic mass is 10.1. The van der Waals surface area contributed by atoms with Crippen LogP contribution in [-0.4, -0.2) is 18.3 Å². The fourth-order valence-electron chi connectivity index (χ4n) is 2.01. The highest BCUT2D eigenvalue weighted by molar-refractivity contribution is 5.57. The topological polar surface area (TPSA) is 45.4 Å². The number of rotatable bonds is 7. The molecule has 0 spiro atoms. The SMILES string of the molecule is CC(CCO)CNCc1ccc(-c2ccc(F)cc2)o1. The fraction of sp³-hybridized carbons (Fsp3) is 0.375. The zero-order valence-electron chi connectivity index (χ0n) is 11.6. The molecule has 0 amide bonds. The van der Waals surface area contributed by atoms with Gasteiger partial charge in [0.05, 0.1) is 6.54 Å². The third-order valence-electron chi connectivity index (χ3n) is 3.20. The Hall–Kier alpha value is -1.65. The number of aliphatic hydroxyl groups excluding tert-OH is 1. The maximum absolute atomic E-state index is 12.9. The largest absolute Gasteiger partial charge is 0.460 e. The van der Waals surface area contributed by atoms with Crippen LogP contribution in [0, 0.1) is 11.7 Å². The van der Waals surface area contributed by atoms with Crippen LogP contribution in [0.1, 0.15) is 19.1 Å². The number of nitrogens with one attached hydrogen (secondary N) is 1. The molecule has 1 heterocycles. The van der Waals surface area contributed by atoms with Crippen molar-refractivity contribution in [1.82, 2.24) is 5.32 Å². The third-order valence-corrected chi connectivity index (χ3v) is 3.20. The molecule has 0 radical (unpaired) electrons. The zero-order valence-corrected chi connectivity index (χ0v) is 11.6. The van der Waals surface area contributed by atoms with Crippen LogP contribution in [0.25, 0.3) is 11.3 Å². The number of halogens is 1. The molecule has 1 unspecified atom stereocenters. The molecule has 1 aromatic heterocycles. The van der Waals surface area contributed by atoms with Gasteiger partial charge in [0.25, 0.3) is 0 Å². The summed E-state index contributed by atoms with van der Waals surface area (Å²) in [5, 5.41) is 12.1. The van der Waals surface area contributed by atoms with Crippen LogP contribution in [0.2, 0.25) is 0 Å². The van der Waals surface area contributed by atoms with Crippen LogP contribution >= 0.6 is 0 Å². The van der Waals surface area contributed by atoms with Crippen LogP contribution in [0.3, 0.4) is 0 Å². The van der Waals surface area contributed by atoms with Gasteiger partial charge in [-0.15, -0.1) is 0 Å². The predicted molar refractivity (Wildman–Crippen MR) is 76.7 cm³/mol. The van der Waals surface area contributed by atoms with Crippen molar-refractivity contribution in [3.05, 3.63) is 48.0 Å². The van der Waals surface area contributed by atoms with Crippen molar-refractivity contribution < 1.29 is 13.9 Å². The lowest BCUT2D eigenvalue weighted by molar-refractivity contribution is 0.259. The lowest BCUT2D eigenvalue weighted by Crippen LogP contribution is -2.21. The summed E-state index contributed by atoms with van der Waals surface area (Å²) in [5.41, 5.74) is 0.867. The summed E-state index contributed by atoms with van der Waals surface area (Å²) in [6, 6.07) is 10.1. The van der Waals surface area contributed by atoms with Gasteiger partial charge < -0.3 is 14.8 Å². The number of furan rings is 1. The van der Waals surface area contributed by atoms with Gasteiger partial charge >= 0.3 is 0 Å². The molecule has 108 valence electrons. The quantitative estimate of drug-likeness (QED) is 0.817. The Morgan fingerprint density at radius 1 is 1.20 bits per heavy atom. The fourth-order valence-corrected chi connectivity index (χ4v) is 2.01. The zero-order chi connectivity index (χ0) is 14.4. The monoisotopic (exact) mass is 277 g/mol. The summed E-state index contributed by atoms with van der Waals surface area (Å²) in [6.45, 7) is 3.80. The highest BCUT2D eigenvalue weighted by atomic mass is 19.1. The Labute approximate surface area is 118 Å². The highest BCUT2D eigenvalue weighted by Gasteiger charge is 2.06. The molecule has 0 aliphatic rings. The van der Waals surface area contributed by atoms with Crippen molar-refractivity contribution >= 4 is 0 Å². The van der Waals surface area contributed by atoms with E-state index in [-0.39, 0.29) is 12.4 Å². The average molecular weight is 277 g/mol. The molecule has 0 fully saturated rings. The second-order valence-electron chi connectivity index (χ2n) is 5.02. The Morgan fingerprint density at radius 2 is 1.95 bits per heavy atom. The van der Waals surface area contributed by atoms with Crippen LogP contribution in [0.4, 0.5) is 4.39 Å². The molecule has 0 aliphatic heterocycles. The Kier molecular flexibility index (Phi) is 5.32. The first kappa shape index (κ1) is 14.8. The molecule has 1 aromatic carbocycles. The van der Waals surface area contributed by atoms with E-state index in [9.17, 15) is 4.39 Å². The van der Waals surface area contributed by atoms with Crippen LogP contribution in [-0.2, 0) is 6.54 Å². The summed E-state index contributed by atoms with van der Waals surface area (Å²) in [4.78, 5) is 0. The molecule has 2 rings (SSSR count). The Morgan fingerprint density at radius 3 is 2.65 bits per heavy atom. The minimum absolute atomic E-state index is 0.221. The Bertz CT molecular complexity index is 522. The van der Waals surface area contributed by atoms with E-state index in [0.717, 1.165) is 30.0 Å². The number of aliphatic hydroxyl groups is 1. The van der Waals surface area contributed by atoms with Crippen LogP contribution in [0.5, 0.6) is 0 Å². The first-order chi connectivity index (χ1) is 9.69. The highest BCUT2D eigenvalue weighted by Crippen LogP contribution is 2.22. The first-order valence-electron chi connectivity index (χ1n) is 6.85. The number of hydrogen-bond donors (Lipinski definition) is 2. The van der Waals surface area contributed by atoms with Gasteiger partial charge in [0.15, 0.2) is 0 Å². The molecule has 2 N–H and O–H groups in total. The van der Waals surface area contributed by atoms with Crippen molar-refractivity contribution in [1.29, 1.82) is 0 Å². The summed E-state index contributed by atoms with van der Waals surface area (Å²) in [5.74, 6) is 1.78. The first-order valence-corrected chi connectivity index (χ1v) is 6.85. The minimum Gasteiger partial charge on any atom is -0.460 e. The molecule has 0 saturated carbocycles. The Balaban J connectivity index is 1.87. The van der Waals surface area contributed by atoms with Crippen LogP contribution in [0.15, 0.2) is 40.8 Å². The van der Waals surface area contributed by atoms with Gasteiger partial charge in [-0.25, -0.2) is 4.39 Å².